The second-order valence-electron chi connectivity index (χ2n) is 5.06. The van der Waals surface area contributed by atoms with Crippen LogP contribution >= 0.6 is 0 Å². The van der Waals surface area contributed by atoms with Gasteiger partial charge in [-0.2, -0.15) is 0 Å². The molecule has 116 valence electrons. The van der Waals surface area contributed by atoms with Crippen molar-refractivity contribution in [2.24, 2.45) is 23.7 Å². The molecule has 4 unspecified atom stereocenters. The summed E-state index contributed by atoms with van der Waals surface area (Å²) in [6, 6.07) is 0. The molecule has 5 nitrogen and oxygen atoms in total. The SMILES string of the molecule is CCOC(=O)C(C)C(C)C(=O)C(C)C(C)C(=O)OCC. The van der Waals surface area contributed by atoms with Crippen molar-refractivity contribution in [2.75, 3.05) is 13.2 Å². The number of hydrogen-bond acceptors (Lipinski definition) is 5. The summed E-state index contributed by atoms with van der Waals surface area (Å²) in [6.45, 7) is 10.8. The van der Waals surface area contributed by atoms with Gasteiger partial charge in [0, 0.05) is 11.8 Å². The molecule has 0 fully saturated rings. The van der Waals surface area contributed by atoms with Crippen LogP contribution in [0.15, 0.2) is 0 Å². The first-order valence-corrected chi connectivity index (χ1v) is 7.14. The largest absolute Gasteiger partial charge is 0.466 e. The highest BCUT2D eigenvalue weighted by atomic mass is 16.5. The van der Waals surface area contributed by atoms with Gasteiger partial charge in [-0.1, -0.05) is 27.7 Å². The Kier molecular flexibility index (Phi) is 8.11. The molecule has 0 aliphatic heterocycles. The lowest BCUT2D eigenvalue weighted by atomic mass is 9.81. The maximum Gasteiger partial charge on any atom is 0.309 e. The van der Waals surface area contributed by atoms with Crippen molar-refractivity contribution < 1.29 is 23.9 Å². The average Bonchev–Trinajstić information content (AvgIpc) is 2.43. The summed E-state index contributed by atoms with van der Waals surface area (Å²) >= 11 is 0. The van der Waals surface area contributed by atoms with Crippen LogP contribution in [0, 0.1) is 23.7 Å². The minimum atomic E-state index is -0.515. The molecule has 0 saturated carbocycles. The molecule has 0 saturated heterocycles. The Bertz CT molecular complexity index is 318. The summed E-state index contributed by atoms with van der Waals surface area (Å²) in [6.07, 6.45) is 0. The van der Waals surface area contributed by atoms with Gasteiger partial charge in [-0.15, -0.1) is 0 Å². The fraction of sp³-hybridized carbons (Fsp3) is 0.800. The molecule has 0 amide bonds. The van der Waals surface area contributed by atoms with E-state index in [1.54, 1.807) is 41.5 Å². The molecule has 0 N–H and O–H groups in total. The lowest BCUT2D eigenvalue weighted by Gasteiger charge is -2.23. The molecule has 5 heteroatoms. The van der Waals surface area contributed by atoms with Crippen LogP contribution in [-0.2, 0) is 23.9 Å². The Morgan fingerprint density at radius 3 is 1.25 bits per heavy atom. The number of ketones is 1. The third kappa shape index (κ3) is 4.94. The molecule has 0 rings (SSSR count). The molecule has 20 heavy (non-hydrogen) atoms. The smallest absolute Gasteiger partial charge is 0.309 e. The quantitative estimate of drug-likeness (QED) is 0.640. The van der Waals surface area contributed by atoms with Crippen molar-refractivity contribution in [3.63, 3.8) is 0 Å². The fourth-order valence-electron chi connectivity index (χ4n) is 1.86. The van der Waals surface area contributed by atoms with E-state index in [4.69, 9.17) is 9.47 Å². The van der Waals surface area contributed by atoms with Crippen LogP contribution in [-0.4, -0.2) is 30.9 Å². The minimum Gasteiger partial charge on any atom is -0.466 e. The van der Waals surface area contributed by atoms with Crippen molar-refractivity contribution in [1.29, 1.82) is 0 Å². The summed E-state index contributed by atoms with van der Waals surface area (Å²) in [5, 5.41) is 0. The van der Waals surface area contributed by atoms with Crippen LogP contribution in [0.2, 0.25) is 0 Å². The first-order chi connectivity index (χ1) is 9.27. The molecule has 0 spiro atoms. The molecule has 0 heterocycles. The molecule has 0 aromatic carbocycles. The van der Waals surface area contributed by atoms with Crippen molar-refractivity contribution in [3.05, 3.63) is 0 Å². The Morgan fingerprint density at radius 2 is 1.00 bits per heavy atom. The lowest BCUT2D eigenvalue weighted by Crippen LogP contribution is -2.35. The molecule has 4 atom stereocenters. The summed E-state index contributed by atoms with van der Waals surface area (Å²) in [5.74, 6) is -2.89. The van der Waals surface area contributed by atoms with Gasteiger partial charge in [-0.3, -0.25) is 14.4 Å². The Hall–Kier alpha value is -1.39. The van der Waals surface area contributed by atoms with E-state index in [9.17, 15) is 14.4 Å². The van der Waals surface area contributed by atoms with Crippen LogP contribution < -0.4 is 0 Å². The highest BCUT2D eigenvalue weighted by molar-refractivity contribution is 5.90. The molecular weight excluding hydrogens is 260 g/mol. The van der Waals surface area contributed by atoms with E-state index in [0.29, 0.717) is 13.2 Å². The van der Waals surface area contributed by atoms with Gasteiger partial charge in [-0.25, -0.2) is 0 Å². The van der Waals surface area contributed by atoms with Gasteiger partial charge >= 0.3 is 11.9 Å². The number of Topliss-reactive ketones (excluding diaryl/α,β-unsaturated/α-hetero) is 1. The number of hydrogen-bond donors (Lipinski definition) is 0. The predicted molar refractivity (Wildman–Crippen MR) is 74.9 cm³/mol. The normalized spacial score (nSPS) is 16.7. The van der Waals surface area contributed by atoms with Gasteiger partial charge in [0.25, 0.3) is 0 Å². The molecule has 0 aromatic heterocycles. The number of carbonyl (C=O) groups is 3. The Labute approximate surface area is 121 Å². The molecule has 0 bridgehead atoms. The lowest BCUT2D eigenvalue weighted by molar-refractivity contribution is -0.154. The monoisotopic (exact) mass is 286 g/mol. The van der Waals surface area contributed by atoms with Gasteiger partial charge in [-0.05, 0) is 13.8 Å². The maximum absolute atomic E-state index is 12.3. The van der Waals surface area contributed by atoms with E-state index < -0.39 is 23.7 Å². The summed E-state index contributed by atoms with van der Waals surface area (Å²) in [4.78, 5) is 35.6. The highest BCUT2D eigenvalue weighted by Crippen LogP contribution is 2.23. The molecule has 0 aliphatic carbocycles. The zero-order valence-electron chi connectivity index (χ0n) is 13.3. The molecular formula is C15H26O5. The molecule has 0 aliphatic rings. The minimum absolute atomic E-state index is 0.119. The first-order valence-electron chi connectivity index (χ1n) is 7.14. The van der Waals surface area contributed by atoms with E-state index >= 15 is 0 Å². The van der Waals surface area contributed by atoms with Crippen LogP contribution in [0.3, 0.4) is 0 Å². The zero-order valence-corrected chi connectivity index (χ0v) is 13.3. The third-order valence-corrected chi connectivity index (χ3v) is 3.71. The number of esters is 2. The van der Waals surface area contributed by atoms with Crippen molar-refractivity contribution >= 4 is 17.7 Å². The third-order valence-electron chi connectivity index (χ3n) is 3.71. The zero-order chi connectivity index (χ0) is 15.9. The van der Waals surface area contributed by atoms with Crippen molar-refractivity contribution in [2.45, 2.75) is 41.5 Å². The van der Waals surface area contributed by atoms with Crippen LogP contribution in [0.5, 0.6) is 0 Å². The molecule has 0 aromatic rings. The Morgan fingerprint density at radius 1 is 0.700 bits per heavy atom. The second-order valence-corrected chi connectivity index (χ2v) is 5.06. The van der Waals surface area contributed by atoms with Gasteiger partial charge in [0.15, 0.2) is 0 Å². The molecule has 0 radical (unpaired) electrons. The summed E-state index contributed by atoms with van der Waals surface area (Å²) in [5.41, 5.74) is 0. The average molecular weight is 286 g/mol. The highest BCUT2D eigenvalue weighted by Gasteiger charge is 2.34. The predicted octanol–water partition coefficient (Wildman–Crippen LogP) is 2.23. The van der Waals surface area contributed by atoms with E-state index in [1.807, 2.05) is 0 Å². The summed E-state index contributed by atoms with van der Waals surface area (Å²) < 4.78 is 9.84. The van der Waals surface area contributed by atoms with E-state index in [-0.39, 0.29) is 17.7 Å². The van der Waals surface area contributed by atoms with E-state index in [0.717, 1.165) is 0 Å². The van der Waals surface area contributed by atoms with Crippen LogP contribution in [0.1, 0.15) is 41.5 Å². The van der Waals surface area contributed by atoms with Crippen molar-refractivity contribution in [1.82, 2.24) is 0 Å². The van der Waals surface area contributed by atoms with E-state index in [1.165, 1.54) is 0 Å². The van der Waals surface area contributed by atoms with Gasteiger partial charge < -0.3 is 9.47 Å². The number of carbonyl (C=O) groups excluding carboxylic acids is 3. The number of rotatable bonds is 8. The Balaban J connectivity index is 4.71. The topological polar surface area (TPSA) is 69.7 Å². The van der Waals surface area contributed by atoms with Gasteiger partial charge in [0.2, 0.25) is 0 Å². The van der Waals surface area contributed by atoms with Crippen LogP contribution in [0.25, 0.3) is 0 Å². The first kappa shape index (κ1) is 18.6. The second kappa shape index (κ2) is 8.72. The number of ether oxygens (including phenoxy) is 2. The van der Waals surface area contributed by atoms with E-state index in [2.05, 4.69) is 0 Å². The van der Waals surface area contributed by atoms with Crippen molar-refractivity contribution in [3.8, 4) is 0 Å². The standard InChI is InChI=1S/C15H26O5/c1-7-19-14(17)11(5)9(3)13(16)10(4)12(6)15(18)20-8-2/h9-12H,7-8H2,1-6H3. The fourth-order valence-corrected chi connectivity index (χ4v) is 1.86. The van der Waals surface area contributed by atoms with Gasteiger partial charge in [0.05, 0.1) is 25.0 Å². The summed E-state index contributed by atoms with van der Waals surface area (Å²) in [7, 11) is 0. The van der Waals surface area contributed by atoms with Crippen LogP contribution in [0.4, 0.5) is 0 Å². The maximum atomic E-state index is 12.3. The van der Waals surface area contributed by atoms with Gasteiger partial charge in [0.1, 0.15) is 5.78 Å².